The molecule has 0 fully saturated rings. The Balaban J connectivity index is 0.00000130. The van der Waals surface area contributed by atoms with Crippen molar-refractivity contribution in [3.05, 3.63) is 139 Å². The first kappa shape index (κ1) is 24.4. The molecule has 0 atom stereocenters. The highest BCUT2D eigenvalue weighted by atomic mass is 15.0. The standard InChI is InChI=1S/C37H27N.C2H6/c1-37(2)32-16-10-9-15-28(32)29-20-17-25-18-21-30-31-23-26(24-11-5-3-6-12-24)19-22-33(31)38(27-13-7-4-8-14-27)36(30)34(25)35(29)37;1-2/h3-23H,1-2H3;1-2H3. The maximum absolute atomic E-state index is 2.49. The molecule has 0 radical (unpaired) electrons. The Labute approximate surface area is 236 Å². The van der Waals surface area contributed by atoms with Crippen molar-refractivity contribution in [2.75, 3.05) is 0 Å². The van der Waals surface area contributed by atoms with Gasteiger partial charge < -0.3 is 4.57 Å². The Morgan fingerprint density at radius 1 is 0.550 bits per heavy atom. The molecule has 40 heavy (non-hydrogen) atoms. The predicted molar refractivity (Wildman–Crippen MR) is 173 cm³/mol. The van der Waals surface area contributed by atoms with E-state index in [9.17, 15) is 0 Å². The number of benzene rings is 6. The number of fused-ring (bicyclic) bond motifs is 9. The molecular formula is C39H33N. The molecule has 1 aliphatic rings. The molecule has 0 saturated carbocycles. The maximum Gasteiger partial charge on any atom is 0.0622 e. The lowest BCUT2D eigenvalue weighted by Gasteiger charge is -2.24. The Morgan fingerprint density at radius 3 is 2.00 bits per heavy atom. The molecule has 0 bridgehead atoms. The molecule has 0 unspecified atom stereocenters. The van der Waals surface area contributed by atoms with Crippen LogP contribution in [0.15, 0.2) is 127 Å². The molecule has 0 saturated heterocycles. The van der Waals surface area contributed by atoms with Gasteiger partial charge in [0.2, 0.25) is 0 Å². The highest BCUT2D eigenvalue weighted by molar-refractivity contribution is 6.21. The maximum atomic E-state index is 2.49. The average molecular weight is 516 g/mol. The Hall–Kier alpha value is -4.62. The predicted octanol–water partition coefficient (Wildman–Crippen LogP) is 10.9. The molecule has 194 valence electrons. The SMILES string of the molecule is CC.CC1(C)c2ccccc2-c2ccc3ccc4c5cc(-c6ccccc6)ccc5n(-c5ccccc5)c4c3c21. The molecule has 0 N–H and O–H groups in total. The smallest absolute Gasteiger partial charge is 0.0622 e. The number of aromatic nitrogens is 1. The molecule has 7 aromatic rings. The van der Waals surface area contributed by atoms with E-state index in [0.717, 1.165) is 0 Å². The Morgan fingerprint density at radius 2 is 1.23 bits per heavy atom. The lowest BCUT2D eigenvalue weighted by molar-refractivity contribution is 0.666. The van der Waals surface area contributed by atoms with Gasteiger partial charge in [-0.05, 0) is 63.0 Å². The molecule has 1 nitrogen and oxygen atoms in total. The zero-order valence-electron chi connectivity index (χ0n) is 23.6. The lowest BCUT2D eigenvalue weighted by atomic mass is 9.80. The minimum atomic E-state index is -0.0904. The zero-order chi connectivity index (χ0) is 27.4. The van der Waals surface area contributed by atoms with Gasteiger partial charge in [0.1, 0.15) is 0 Å². The minimum absolute atomic E-state index is 0.0904. The molecule has 1 heteroatoms. The first-order valence-electron chi connectivity index (χ1n) is 14.4. The highest BCUT2D eigenvalue weighted by Gasteiger charge is 2.37. The van der Waals surface area contributed by atoms with Crippen LogP contribution in [0.4, 0.5) is 0 Å². The summed E-state index contributed by atoms with van der Waals surface area (Å²) in [7, 11) is 0. The van der Waals surface area contributed by atoms with Crippen molar-refractivity contribution in [2.45, 2.75) is 33.1 Å². The molecule has 1 heterocycles. The van der Waals surface area contributed by atoms with E-state index in [2.05, 4.69) is 146 Å². The summed E-state index contributed by atoms with van der Waals surface area (Å²) in [6.07, 6.45) is 0. The minimum Gasteiger partial charge on any atom is -0.309 e. The van der Waals surface area contributed by atoms with Gasteiger partial charge in [-0.2, -0.15) is 0 Å². The number of hydrogen-bond acceptors (Lipinski definition) is 0. The van der Waals surface area contributed by atoms with Gasteiger partial charge in [0.25, 0.3) is 0 Å². The van der Waals surface area contributed by atoms with E-state index in [0.29, 0.717) is 0 Å². The van der Waals surface area contributed by atoms with Gasteiger partial charge >= 0.3 is 0 Å². The second-order valence-corrected chi connectivity index (χ2v) is 11.0. The molecular weight excluding hydrogens is 482 g/mol. The van der Waals surface area contributed by atoms with E-state index in [4.69, 9.17) is 0 Å². The number of nitrogens with zero attached hydrogens (tertiary/aromatic N) is 1. The summed E-state index contributed by atoms with van der Waals surface area (Å²) >= 11 is 0. The monoisotopic (exact) mass is 515 g/mol. The third kappa shape index (κ3) is 3.41. The van der Waals surface area contributed by atoms with Crippen LogP contribution in [-0.2, 0) is 5.41 Å². The van der Waals surface area contributed by atoms with Crippen molar-refractivity contribution in [2.24, 2.45) is 0 Å². The van der Waals surface area contributed by atoms with Crippen LogP contribution in [0.1, 0.15) is 38.8 Å². The van der Waals surface area contributed by atoms with E-state index in [1.165, 1.54) is 71.6 Å². The molecule has 0 amide bonds. The summed E-state index contributed by atoms with van der Waals surface area (Å²) in [4.78, 5) is 0. The van der Waals surface area contributed by atoms with E-state index in [1.807, 2.05) is 13.8 Å². The molecule has 1 aliphatic carbocycles. The van der Waals surface area contributed by atoms with Crippen LogP contribution >= 0.6 is 0 Å². The summed E-state index contributed by atoms with van der Waals surface area (Å²) in [5.74, 6) is 0. The highest BCUT2D eigenvalue weighted by Crippen LogP contribution is 2.53. The molecule has 0 spiro atoms. The van der Waals surface area contributed by atoms with Crippen molar-refractivity contribution in [1.82, 2.24) is 4.57 Å². The van der Waals surface area contributed by atoms with Crippen LogP contribution in [0.2, 0.25) is 0 Å². The second kappa shape index (κ2) is 9.24. The van der Waals surface area contributed by atoms with Crippen LogP contribution < -0.4 is 0 Å². The number of rotatable bonds is 2. The van der Waals surface area contributed by atoms with Crippen molar-refractivity contribution < 1.29 is 0 Å². The first-order chi connectivity index (χ1) is 19.6. The van der Waals surface area contributed by atoms with Gasteiger partial charge in [0, 0.05) is 27.3 Å². The van der Waals surface area contributed by atoms with Crippen molar-refractivity contribution in [3.8, 4) is 27.9 Å². The zero-order valence-corrected chi connectivity index (χ0v) is 23.6. The number of para-hydroxylation sites is 1. The average Bonchev–Trinajstić information content (AvgIpc) is 3.48. The van der Waals surface area contributed by atoms with Gasteiger partial charge in [-0.1, -0.05) is 131 Å². The summed E-state index contributed by atoms with van der Waals surface area (Å²) in [5, 5.41) is 5.25. The van der Waals surface area contributed by atoms with Gasteiger partial charge in [0.05, 0.1) is 11.0 Å². The van der Waals surface area contributed by atoms with Gasteiger partial charge in [-0.15, -0.1) is 0 Å². The van der Waals surface area contributed by atoms with Gasteiger partial charge in [-0.3, -0.25) is 0 Å². The van der Waals surface area contributed by atoms with Crippen LogP contribution in [0.5, 0.6) is 0 Å². The van der Waals surface area contributed by atoms with E-state index >= 15 is 0 Å². The Bertz CT molecular complexity index is 2030. The van der Waals surface area contributed by atoms with Crippen LogP contribution in [0.25, 0.3) is 60.5 Å². The van der Waals surface area contributed by atoms with E-state index < -0.39 is 0 Å². The molecule has 1 aromatic heterocycles. The third-order valence-electron chi connectivity index (χ3n) is 8.55. The first-order valence-corrected chi connectivity index (χ1v) is 14.4. The second-order valence-electron chi connectivity index (χ2n) is 11.0. The van der Waals surface area contributed by atoms with Crippen LogP contribution in [0.3, 0.4) is 0 Å². The fraction of sp³-hybridized carbons (Fsp3) is 0.128. The van der Waals surface area contributed by atoms with Crippen LogP contribution in [-0.4, -0.2) is 4.57 Å². The Kier molecular flexibility index (Phi) is 5.64. The van der Waals surface area contributed by atoms with E-state index in [-0.39, 0.29) is 5.41 Å². The molecule has 8 rings (SSSR count). The third-order valence-corrected chi connectivity index (χ3v) is 8.55. The van der Waals surface area contributed by atoms with Crippen molar-refractivity contribution in [1.29, 1.82) is 0 Å². The van der Waals surface area contributed by atoms with E-state index in [1.54, 1.807) is 0 Å². The largest absolute Gasteiger partial charge is 0.309 e. The van der Waals surface area contributed by atoms with Crippen molar-refractivity contribution >= 4 is 32.6 Å². The van der Waals surface area contributed by atoms with Gasteiger partial charge in [0.15, 0.2) is 0 Å². The summed E-state index contributed by atoms with van der Waals surface area (Å²) in [6.45, 7) is 8.78. The number of hydrogen-bond donors (Lipinski definition) is 0. The lowest BCUT2D eigenvalue weighted by Crippen LogP contribution is -2.15. The molecule has 6 aromatic carbocycles. The summed E-state index contributed by atoms with van der Waals surface area (Å²) in [6, 6.07) is 46.7. The van der Waals surface area contributed by atoms with Crippen molar-refractivity contribution in [3.63, 3.8) is 0 Å². The summed E-state index contributed by atoms with van der Waals surface area (Å²) < 4.78 is 2.49. The van der Waals surface area contributed by atoms with Crippen LogP contribution in [0, 0.1) is 0 Å². The fourth-order valence-corrected chi connectivity index (χ4v) is 6.84. The normalized spacial score (nSPS) is 13.2. The topological polar surface area (TPSA) is 4.93 Å². The summed E-state index contributed by atoms with van der Waals surface area (Å²) in [5.41, 5.74) is 11.7. The quantitative estimate of drug-likeness (QED) is 0.216. The molecule has 0 aliphatic heterocycles. The van der Waals surface area contributed by atoms with Gasteiger partial charge in [-0.25, -0.2) is 0 Å². The fourth-order valence-electron chi connectivity index (χ4n) is 6.84.